The maximum Gasteiger partial charge on any atom is 0.148 e. The zero-order valence-electron chi connectivity index (χ0n) is 15.9. The summed E-state index contributed by atoms with van der Waals surface area (Å²) in [6.45, 7) is 1.83. The van der Waals surface area contributed by atoms with Gasteiger partial charge in [-0.05, 0) is 66.3 Å². The molecular formula is C23H21BrFN3O. The number of halogens is 2. The van der Waals surface area contributed by atoms with Gasteiger partial charge in [0.2, 0.25) is 0 Å². The summed E-state index contributed by atoms with van der Waals surface area (Å²) in [6, 6.07) is 14.9. The van der Waals surface area contributed by atoms with Crippen molar-refractivity contribution in [2.75, 3.05) is 13.1 Å². The third-order valence-corrected chi connectivity index (χ3v) is 6.87. The predicted molar refractivity (Wildman–Crippen MR) is 115 cm³/mol. The zero-order chi connectivity index (χ0) is 20.0. The summed E-state index contributed by atoms with van der Waals surface area (Å²) in [6.07, 6.45) is 4.60. The first kappa shape index (κ1) is 18.6. The largest absolute Gasteiger partial charge is 0.409 e. The van der Waals surface area contributed by atoms with Crippen molar-refractivity contribution in [3.63, 3.8) is 0 Å². The zero-order valence-corrected chi connectivity index (χ0v) is 17.4. The van der Waals surface area contributed by atoms with Gasteiger partial charge in [-0.15, -0.1) is 0 Å². The Balaban J connectivity index is 1.24. The summed E-state index contributed by atoms with van der Waals surface area (Å²) in [4.78, 5) is 6.53. The van der Waals surface area contributed by atoms with E-state index in [0.29, 0.717) is 12.3 Å². The van der Waals surface area contributed by atoms with E-state index in [1.54, 1.807) is 12.1 Å². The van der Waals surface area contributed by atoms with E-state index in [1.165, 1.54) is 11.6 Å². The van der Waals surface area contributed by atoms with Crippen LogP contribution in [0.4, 0.5) is 4.39 Å². The van der Waals surface area contributed by atoms with Gasteiger partial charge in [0.15, 0.2) is 0 Å². The van der Waals surface area contributed by atoms with Gasteiger partial charge >= 0.3 is 0 Å². The normalized spacial score (nSPS) is 18.7. The lowest BCUT2D eigenvalue weighted by Crippen LogP contribution is -2.63. The molecule has 1 aliphatic carbocycles. The van der Waals surface area contributed by atoms with Crippen LogP contribution in [0.15, 0.2) is 64.4 Å². The molecule has 148 valence electrons. The number of likely N-dealkylation sites (tertiary alicyclic amines) is 1. The van der Waals surface area contributed by atoms with E-state index < -0.39 is 0 Å². The molecule has 0 radical (unpaired) electrons. The highest BCUT2D eigenvalue weighted by atomic mass is 79.9. The fourth-order valence-electron chi connectivity index (χ4n) is 4.90. The van der Waals surface area contributed by atoms with E-state index in [-0.39, 0.29) is 11.2 Å². The average Bonchev–Trinajstić information content (AvgIpc) is 2.66. The fraction of sp³-hybridized carbons (Fsp3) is 0.304. The van der Waals surface area contributed by atoms with Crippen LogP contribution in [0.1, 0.15) is 29.9 Å². The summed E-state index contributed by atoms with van der Waals surface area (Å²) < 4.78 is 14.8. The second kappa shape index (κ2) is 7.10. The van der Waals surface area contributed by atoms with Gasteiger partial charge in [-0.25, -0.2) is 4.39 Å². The smallest absolute Gasteiger partial charge is 0.148 e. The van der Waals surface area contributed by atoms with E-state index in [1.807, 2.05) is 36.5 Å². The average molecular weight is 454 g/mol. The summed E-state index contributed by atoms with van der Waals surface area (Å²) >= 11 is 3.44. The minimum absolute atomic E-state index is 0.215. The Bertz CT molecular complexity index is 1080. The van der Waals surface area contributed by atoms with Crippen molar-refractivity contribution in [2.45, 2.75) is 25.2 Å². The molecule has 1 aromatic heterocycles. The standard InChI is InChI=1S/C23H21BrFN3O/c24-17-3-1-15(2-4-17)9-22(27-29)28-13-23(14-28)11-16(12-23)19-7-8-26-21-6-5-18(25)10-20(19)21/h1-8,10,16,29H,9,11-14H2/b27-22-. The quantitative estimate of drug-likeness (QED) is 0.251. The third kappa shape index (κ3) is 3.39. The van der Waals surface area contributed by atoms with Crippen molar-refractivity contribution in [3.8, 4) is 0 Å². The second-order valence-electron chi connectivity index (χ2n) is 8.34. The lowest BCUT2D eigenvalue weighted by Gasteiger charge is -2.60. The number of fused-ring (bicyclic) bond motifs is 1. The van der Waals surface area contributed by atoms with Crippen LogP contribution in [0.5, 0.6) is 0 Å². The lowest BCUT2D eigenvalue weighted by molar-refractivity contribution is -0.0357. The van der Waals surface area contributed by atoms with Gasteiger partial charge in [-0.3, -0.25) is 4.98 Å². The van der Waals surface area contributed by atoms with Gasteiger partial charge in [-0.1, -0.05) is 33.2 Å². The number of oxime groups is 1. The Morgan fingerprint density at radius 3 is 2.66 bits per heavy atom. The highest BCUT2D eigenvalue weighted by Crippen LogP contribution is 2.57. The molecular weight excluding hydrogens is 433 g/mol. The molecule has 1 saturated heterocycles. The Morgan fingerprint density at radius 1 is 1.17 bits per heavy atom. The molecule has 0 unspecified atom stereocenters. The number of nitrogens with zero attached hydrogens (tertiary/aromatic N) is 3. The topological polar surface area (TPSA) is 48.7 Å². The van der Waals surface area contributed by atoms with Crippen LogP contribution in [-0.2, 0) is 6.42 Å². The number of pyridine rings is 1. The summed E-state index contributed by atoms with van der Waals surface area (Å²) in [5.41, 5.74) is 3.45. The first-order chi connectivity index (χ1) is 14.0. The van der Waals surface area contributed by atoms with E-state index >= 15 is 0 Å². The van der Waals surface area contributed by atoms with Crippen LogP contribution in [0.2, 0.25) is 0 Å². The van der Waals surface area contributed by atoms with Gasteiger partial charge in [0.1, 0.15) is 11.7 Å². The van der Waals surface area contributed by atoms with E-state index in [0.717, 1.165) is 52.7 Å². The third-order valence-electron chi connectivity index (χ3n) is 6.34. The van der Waals surface area contributed by atoms with Crippen LogP contribution in [0.25, 0.3) is 10.9 Å². The van der Waals surface area contributed by atoms with Gasteiger partial charge < -0.3 is 10.1 Å². The molecule has 1 N–H and O–H groups in total. The molecule has 0 bridgehead atoms. The van der Waals surface area contributed by atoms with Gasteiger partial charge in [0.05, 0.1) is 5.52 Å². The highest BCUT2D eigenvalue weighted by Gasteiger charge is 2.53. The lowest BCUT2D eigenvalue weighted by atomic mass is 9.56. The molecule has 29 heavy (non-hydrogen) atoms. The van der Waals surface area contributed by atoms with Crippen molar-refractivity contribution in [3.05, 3.63) is 76.1 Å². The molecule has 2 fully saturated rings. The molecule has 0 amide bonds. The molecule has 6 heteroatoms. The number of rotatable bonds is 3. The molecule has 2 aromatic carbocycles. The highest BCUT2D eigenvalue weighted by molar-refractivity contribution is 9.10. The predicted octanol–water partition coefficient (Wildman–Crippen LogP) is 5.35. The minimum Gasteiger partial charge on any atom is -0.409 e. The molecule has 2 aliphatic rings. The number of hydrogen-bond acceptors (Lipinski definition) is 3. The van der Waals surface area contributed by atoms with Gasteiger partial charge in [0.25, 0.3) is 0 Å². The number of hydrogen-bond donors (Lipinski definition) is 1. The van der Waals surface area contributed by atoms with E-state index in [9.17, 15) is 9.60 Å². The van der Waals surface area contributed by atoms with E-state index in [2.05, 4.69) is 31.0 Å². The molecule has 1 spiro atoms. The maximum atomic E-state index is 13.7. The SMILES string of the molecule is O/N=C(/Cc1ccc(Br)cc1)N1CC2(CC(c3ccnc4ccc(F)cc34)C2)C1. The van der Waals surface area contributed by atoms with Crippen molar-refractivity contribution in [1.82, 2.24) is 9.88 Å². The van der Waals surface area contributed by atoms with Crippen LogP contribution in [0.3, 0.4) is 0 Å². The van der Waals surface area contributed by atoms with Crippen molar-refractivity contribution in [1.29, 1.82) is 0 Å². The molecule has 1 aliphatic heterocycles. The Hall–Kier alpha value is -2.47. The fourth-order valence-corrected chi connectivity index (χ4v) is 5.16. The molecule has 2 heterocycles. The number of amidine groups is 1. The first-order valence-corrected chi connectivity index (χ1v) is 10.6. The summed E-state index contributed by atoms with van der Waals surface area (Å²) in [5, 5.41) is 14.0. The van der Waals surface area contributed by atoms with Crippen LogP contribution >= 0.6 is 15.9 Å². The summed E-state index contributed by atoms with van der Waals surface area (Å²) in [7, 11) is 0. The van der Waals surface area contributed by atoms with Crippen LogP contribution in [-0.4, -0.2) is 34.0 Å². The number of benzene rings is 2. The Kier molecular flexibility index (Phi) is 4.54. The Labute approximate surface area is 177 Å². The molecule has 3 aromatic rings. The summed E-state index contributed by atoms with van der Waals surface area (Å²) in [5.74, 6) is 0.940. The van der Waals surface area contributed by atoms with E-state index in [4.69, 9.17) is 0 Å². The van der Waals surface area contributed by atoms with Gasteiger partial charge in [-0.2, -0.15) is 0 Å². The van der Waals surface area contributed by atoms with Gasteiger partial charge in [0, 0.05) is 41.0 Å². The number of aromatic nitrogens is 1. The van der Waals surface area contributed by atoms with Crippen molar-refractivity contribution >= 4 is 32.7 Å². The maximum absolute atomic E-state index is 13.7. The molecule has 0 atom stereocenters. The first-order valence-electron chi connectivity index (χ1n) is 9.80. The van der Waals surface area contributed by atoms with Crippen molar-refractivity contribution in [2.24, 2.45) is 10.6 Å². The van der Waals surface area contributed by atoms with Crippen molar-refractivity contribution < 1.29 is 9.60 Å². The second-order valence-corrected chi connectivity index (χ2v) is 9.26. The molecule has 4 nitrogen and oxygen atoms in total. The van der Waals surface area contributed by atoms with Crippen LogP contribution in [0, 0.1) is 11.2 Å². The minimum atomic E-state index is -0.215. The Morgan fingerprint density at radius 2 is 1.93 bits per heavy atom. The monoisotopic (exact) mass is 453 g/mol. The molecule has 1 saturated carbocycles. The van der Waals surface area contributed by atoms with Crippen LogP contribution < -0.4 is 0 Å². The molecule has 5 rings (SSSR count).